The van der Waals surface area contributed by atoms with Gasteiger partial charge in [0.1, 0.15) is 0 Å². The molecule has 0 atom stereocenters. The average molecular weight is 280 g/mol. The number of anilines is 1. The summed E-state index contributed by atoms with van der Waals surface area (Å²) in [6.07, 6.45) is 5.06. The van der Waals surface area contributed by atoms with Crippen molar-refractivity contribution in [2.24, 2.45) is 0 Å². The molecule has 0 unspecified atom stereocenters. The Morgan fingerprint density at radius 2 is 2.06 bits per heavy atom. The predicted molar refractivity (Wildman–Crippen MR) is 69.4 cm³/mol. The van der Waals surface area contributed by atoms with Crippen LogP contribution in [-0.2, 0) is 0 Å². The molecule has 1 aromatic heterocycles. The standard InChI is InChI=1S/C12H14BrN3/c13-8-5-6-10-11(7-8)16(12(14)15-10)9-3-1-2-4-9/h5-7,9H,1-4H2,(H2,14,15). The van der Waals surface area contributed by atoms with Crippen molar-refractivity contribution in [1.29, 1.82) is 0 Å². The van der Waals surface area contributed by atoms with Crippen LogP contribution in [0.15, 0.2) is 22.7 Å². The molecular formula is C12H14BrN3. The molecule has 0 radical (unpaired) electrons. The molecule has 1 saturated carbocycles. The molecule has 3 nitrogen and oxygen atoms in total. The highest BCUT2D eigenvalue weighted by atomic mass is 79.9. The van der Waals surface area contributed by atoms with Crippen LogP contribution in [0.25, 0.3) is 11.0 Å². The molecule has 0 saturated heterocycles. The van der Waals surface area contributed by atoms with Crippen molar-refractivity contribution in [3.05, 3.63) is 22.7 Å². The van der Waals surface area contributed by atoms with Crippen LogP contribution in [-0.4, -0.2) is 9.55 Å². The van der Waals surface area contributed by atoms with E-state index >= 15 is 0 Å². The number of fused-ring (bicyclic) bond motifs is 1. The number of benzene rings is 1. The third-order valence-electron chi connectivity index (χ3n) is 3.37. The molecule has 0 spiro atoms. The number of nitrogens with two attached hydrogens (primary N) is 1. The maximum Gasteiger partial charge on any atom is 0.201 e. The maximum absolute atomic E-state index is 6.02. The van der Waals surface area contributed by atoms with Gasteiger partial charge in [0, 0.05) is 10.5 Å². The molecule has 0 amide bonds. The number of imidazole rings is 1. The highest BCUT2D eigenvalue weighted by Crippen LogP contribution is 2.35. The Bertz CT molecular complexity index is 526. The van der Waals surface area contributed by atoms with Gasteiger partial charge in [-0.1, -0.05) is 28.8 Å². The molecular weight excluding hydrogens is 266 g/mol. The Balaban J connectivity index is 2.20. The summed E-state index contributed by atoms with van der Waals surface area (Å²) in [4.78, 5) is 4.42. The van der Waals surface area contributed by atoms with Crippen molar-refractivity contribution in [2.45, 2.75) is 31.7 Å². The molecule has 0 aliphatic heterocycles. The van der Waals surface area contributed by atoms with Gasteiger partial charge in [-0.15, -0.1) is 0 Å². The van der Waals surface area contributed by atoms with Gasteiger partial charge in [-0.05, 0) is 31.0 Å². The lowest BCUT2D eigenvalue weighted by molar-refractivity contribution is 0.539. The van der Waals surface area contributed by atoms with Crippen molar-refractivity contribution >= 4 is 32.9 Å². The zero-order chi connectivity index (χ0) is 11.1. The normalized spacial score (nSPS) is 17.3. The van der Waals surface area contributed by atoms with Crippen molar-refractivity contribution in [3.8, 4) is 0 Å². The molecule has 1 fully saturated rings. The Kier molecular flexibility index (Phi) is 2.39. The van der Waals surface area contributed by atoms with Crippen molar-refractivity contribution in [1.82, 2.24) is 9.55 Å². The lowest BCUT2D eigenvalue weighted by atomic mass is 10.2. The Labute approximate surface area is 103 Å². The molecule has 1 aliphatic rings. The van der Waals surface area contributed by atoms with Crippen LogP contribution < -0.4 is 5.73 Å². The number of hydrogen-bond donors (Lipinski definition) is 1. The van der Waals surface area contributed by atoms with Crippen molar-refractivity contribution < 1.29 is 0 Å². The van der Waals surface area contributed by atoms with Gasteiger partial charge in [-0.2, -0.15) is 0 Å². The fourth-order valence-corrected chi connectivity index (χ4v) is 2.98. The smallest absolute Gasteiger partial charge is 0.201 e. The minimum atomic E-state index is 0.541. The molecule has 2 N–H and O–H groups in total. The van der Waals surface area contributed by atoms with Crippen LogP contribution in [0.3, 0.4) is 0 Å². The van der Waals surface area contributed by atoms with E-state index in [4.69, 9.17) is 5.73 Å². The number of rotatable bonds is 1. The van der Waals surface area contributed by atoms with Crippen LogP contribution in [0.1, 0.15) is 31.7 Å². The van der Waals surface area contributed by atoms with E-state index < -0.39 is 0 Å². The van der Waals surface area contributed by atoms with E-state index in [0.29, 0.717) is 12.0 Å². The monoisotopic (exact) mass is 279 g/mol. The van der Waals surface area contributed by atoms with Gasteiger partial charge in [-0.3, -0.25) is 0 Å². The van der Waals surface area contributed by atoms with Crippen molar-refractivity contribution in [2.75, 3.05) is 5.73 Å². The number of nitrogen functional groups attached to an aromatic ring is 1. The number of nitrogens with zero attached hydrogens (tertiary/aromatic N) is 2. The molecule has 1 aromatic carbocycles. The molecule has 16 heavy (non-hydrogen) atoms. The third-order valence-corrected chi connectivity index (χ3v) is 3.86. The highest BCUT2D eigenvalue weighted by Gasteiger charge is 2.21. The summed E-state index contributed by atoms with van der Waals surface area (Å²) in [5, 5.41) is 0. The first-order chi connectivity index (χ1) is 7.75. The number of halogens is 1. The second kappa shape index (κ2) is 3.77. The zero-order valence-electron chi connectivity index (χ0n) is 8.99. The van der Waals surface area contributed by atoms with Crippen LogP contribution in [0.2, 0.25) is 0 Å². The first kappa shape index (κ1) is 10.1. The summed E-state index contributed by atoms with van der Waals surface area (Å²) in [6, 6.07) is 6.67. The van der Waals surface area contributed by atoms with E-state index in [0.717, 1.165) is 15.5 Å². The van der Waals surface area contributed by atoms with E-state index in [1.54, 1.807) is 0 Å². The van der Waals surface area contributed by atoms with Gasteiger partial charge in [0.15, 0.2) is 0 Å². The lowest BCUT2D eigenvalue weighted by Gasteiger charge is -2.14. The molecule has 2 aromatic rings. The molecule has 0 bridgehead atoms. The largest absolute Gasteiger partial charge is 0.369 e. The first-order valence-corrected chi connectivity index (χ1v) is 6.48. The zero-order valence-corrected chi connectivity index (χ0v) is 10.6. The fraction of sp³-hybridized carbons (Fsp3) is 0.417. The summed E-state index contributed by atoms with van der Waals surface area (Å²) >= 11 is 3.50. The molecule has 4 heteroatoms. The van der Waals surface area contributed by atoms with Crippen LogP contribution in [0.5, 0.6) is 0 Å². The van der Waals surface area contributed by atoms with Gasteiger partial charge < -0.3 is 10.3 Å². The van der Waals surface area contributed by atoms with Gasteiger partial charge in [0.25, 0.3) is 0 Å². The quantitative estimate of drug-likeness (QED) is 0.868. The van der Waals surface area contributed by atoms with Crippen LogP contribution >= 0.6 is 15.9 Å². The summed E-state index contributed by atoms with van der Waals surface area (Å²) in [7, 11) is 0. The minimum absolute atomic E-state index is 0.541. The summed E-state index contributed by atoms with van der Waals surface area (Å²) in [5.74, 6) is 0.653. The van der Waals surface area contributed by atoms with Gasteiger partial charge in [-0.25, -0.2) is 4.98 Å². The molecule has 1 aliphatic carbocycles. The average Bonchev–Trinajstić information content (AvgIpc) is 2.83. The van der Waals surface area contributed by atoms with E-state index in [2.05, 4.69) is 31.5 Å². The summed E-state index contributed by atoms with van der Waals surface area (Å²) in [6.45, 7) is 0. The van der Waals surface area contributed by atoms with Crippen molar-refractivity contribution in [3.63, 3.8) is 0 Å². The summed E-state index contributed by atoms with van der Waals surface area (Å²) in [5.41, 5.74) is 8.16. The summed E-state index contributed by atoms with van der Waals surface area (Å²) < 4.78 is 3.28. The second-order valence-electron chi connectivity index (χ2n) is 4.41. The van der Waals surface area contributed by atoms with E-state index in [1.807, 2.05) is 12.1 Å². The molecule has 3 rings (SSSR count). The predicted octanol–water partition coefficient (Wildman–Crippen LogP) is 3.50. The fourth-order valence-electron chi connectivity index (χ4n) is 2.63. The van der Waals surface area contributed by atoms with Crippen LogP contribution in [0.4, 0.5) is 5.95 Å². The topological polar surface area (TPSA) is 43.8 Å². The Hall–Kier alpha value is -1.03. The number of hydrogen-bond acceptors (Lipinski definition) is 2. The first-order valence-electron chi connectivity index (χ1n) is 5.68. The molecule has 84 valence electrons. The van der Waals surface area contributed by atoms with Crippen LogP contribution in [0, 0.1) is 0 Å². The molecule has 1 heterocycles. The van der Waals surface area contributed by atoms with Gasteiger partial charge >= 0.3 is 0 Å². The van der Waals surface area contributed by atoms with Gasteiger partial charge in [0.05, 0.1) is 11.0 Å². The SMILES string of the molecule is Nc1nc2ccc(Br)cc2n1C1CCCC1. The van der Waals surface area contributed by atoms with E-state index in [1.165, 1.54) is 25.7 Å². The number of aromatic nitrogens is 2. The van der Waals surface area contributed by atoms with E-state index in [-0.39, 0.29) is 0 Å². The Morgan fingerprint density at radius 3 is 2.81 bits per heavy atom. The maximum atomic E-state index is 6.02. The Morgan fingerprint density at radius 1 is 1.31 bits per heavy atom. The minimum Gasteiger partial charge on any atom is -0.369 e. The third kappa shape index (κ3) is 1.52. The lowest BCUT2D eigenvalue weighted by Crippen LogP contribution is -2.08. The highest BCUT2D eigenvalue weighted by molar-refractivity contribution is 9.10. The van der Waals surface area contributed by atoms with E-state index in [9.17, 15) is 0 Å². The second-order valence-corrected chi connectivity index (χ2v) is 5.33. The van der Waals surface area contributed by atoms with Gasteiger partial charge in [0.2, 0.25) is 5.95 Å².